The van der Waals surface area contributed by atoms with Crippen LogP contribution < -0.4 is 5.32 Å². The molecule has 1 fully saturated rings. The number of nitro groups is 1. The van der Waals surface area contributed by atoms with Gasteiger partial charge in [-0.1, -0.05) is 0 Å². The van der Waals surface area contributed by atoms with Gasteiger partial charge in [0.1, 0.15) is 0 Å². The molecule has 2 rings (SSSR count). The van der Waals surface area contributed by atoms with Crippen molar-refractivity contribution in [2.45, 2.75) is 30.6 Å². The highest BCUT2D eigenvalue weighted by molar-refractivity contribution is 7.99. The van der Waals surface area contributed by atoms with E-state index in [4.69, 9.17) is 0 Å². The summed E-state index contributed by atoms with van der Waals surface area (Å²) in [6.45, 7) is 0. The Hall–Kier alpha value is -1.37. The quantitative estimate of drug-likeness (QED) is 0.679. The Morgan fingerprint density at radius 3 is 2.74 bits per heavy atom. The molecular weight excluding hydrogens is 274 g/mol. The molecule has 7 heteroatoms. The zero-order chi connectivity index (χ0) is 14.0. The fourth-order valence-corrected chi connectivity index (χ4v) is 3.12. The molecule has 104 valence electrons. The van der Waals surface area contributed by atoms with E-state index in [9.17, 15) is 18.9 Å². The Bertz CT molecular complexity index is 499. The first-order chi connectivity index (χ1) is 9.02. The van der Waals surface area contributed by atoms with Crippen molar-refractivity contribution in [1.82, 2.24) is 0 Å². The Morgan fingerprint density at radius 1 is 1.42 bits per heavy atom. The molecule has 1 aromatic carbocycles. The van der Waals surface area contributed by atoms with Gasteiger partial charge in [-0.15, -0.1) is 0 Å². The number of nitrogens with zero attached hydrogens (tertiary/aromatic N) is 1. The lowest BCUT2D eigenvalue weighted by Gasteiger charge is -2.15. The van der Waals surface area contributed by atoms with Gasteiger partial charge in [-0.3, -0.25) is 10.1 Å². The number of hydrogen-bond donors (Lipinski definition) is 1. The fraction of sp³-hybridized carbons (Fsp3) is 0.500. The number of thioether (sulfide) groups is 1. The van der Waals surface area contributed by atoms with Crippen LogP contribution in [0.3, 0.4) is 0 Å². The fourth-order valence-electron chi connectivity index (χ4n) is 2.32. The molecule has 1 aliphatic carbocycles. The average Bonchev–Trinajstić information content (AvgIpc) is 2.82. The van der Waals surface area contributed by atoms with Gasteiger partial charge in [-0.25, -0.2) is 8.78 Å². The van der Waals surface area contributed by atoms with Gasteiger partial charge in [0.05, 0.1) is 4.92 Å². The molecule has 1 aliphatic rings. The smallest absolute Gasteiger partial charge is 0.295 e. The van der Waals surface area contributed by atoms with E-state index in [2.05, 4.69) is 5.32 Å². The average molecular weight is 288 g/mol. The number of anilines is 1. The summed E-state index contributed by atoms with van der Waals surface area (Å²) < 4.78 is 26.9. The van der Waals surface area contributed by atoms with Crippen molar-refractivity contribution in [3.05, 3.63) is 33.9 Å². The molecule has 2 unspecified atom stereocenters. The van der Waals surface area contributed by atoms with Crippen molar-refractivity contribution in [2.24, 2.45) is 0 Å². The summed E-state index contributed by atoms with van der Waals surface area (Å²) >= 11 is 1.72. The summed E-state index contributed by atoms with van der Waals surface area (Å²) in [5.74, 6) is -2.26. The molecule has 19 heavy (non-hydrogen) atoms. The topological polar surface area (TPSA) is 55.2 Å². The third-order valence-electron chi connectivity index (χ3n) is 3.34. The van der Waals surface area contributed by atoms with Gasteiger partial charge < -0.3 is 5.32 Å². The summed E-state index contributed by atoms with van der Waals surface area (Å²) in [6, 6.07) is 1.71. The molecular formula is C12H14F2N2O2S. The zero-order valence-electron chi connectivity index (χ0n) is 10.4. The number of benzene rings is 1. The largest absolute Gasteiger partial charge is 0.374 e. The van der Waals surface area contributed by atoms with Gasteiger partial charge in [0.15, 0.2) is 17.3 Å². The van der Waals surface area contributed by atoms with E-state index in [1.165, 1.54) is 0 Å². The van der Waals surface area contributed by atoms with E-state index in [1.54, 1.807) is 11.8 Å². The first-order valence-corrected chi connectivity index (χ1v) is 7.23. The maximum absolute atomic E-state index is 13.7. The van der Waals surface area contributed by atoms with Crippen molar-refractivity contribution in [3.63, 3.8) is 0 Å². The van der Waals surface area contributed by atoms with Crippen LogP contribution >= 0.6 is 11.8 Å². The van der Waals surface area contributed by atoms with Gasteiger partial charge >= 0.3 is 0 Å². The lowest BCUT2D eigenvalue weighted by atomic mass is 10.2. The molecule has 0 radical (unpaired) electrons. The second-order valence-electron chi connectivity index (χ2n) is 4.52. The molecule has 0 heterocycles. The van der Waals surface area contributed by atoms with E-state index < -0.39 is 22.2 Å². The van der Waals surface area contributed by atoms with Crippen LogP contribution in [0.15, 0.2) is 12.1 Å². The Balaban J connectivity index is 2.24. The second-order valence-corrected chi connectivity index (χ2v) is 5.66. The molecule has 0 spiro atoms. The Labute approximate surface area is 113 Å². The van der Waals surface area contributed by atoms with Crippen LogP contribution in [-0.4, -0.2) is 22.5 Å². The van der Waals surface area contributed by atoms with Crippen LogP contribution in [0.1, 0.15) is 19.3 Å². The summed E-state index contributed by atoms with van der Waals surface area (Å²) in [4.78, 5) is 10.1. The minimum atomic E-state index is -1.18. The predicted octanol–water partition coefficient (Wildman–Crippen LogP) is 3.57. The van der Waals surface area contributed by atoms with Gasteiger partial charge in [-0.2, -0.15) is 11.8 Å². The SMILES string of the molecule is CSC1CCC(Nc2c([N+](=O)[O-])ccc(F)c2F)C1. The number of rotatable bonds is 4. The molecule has 1 aromatic rings. The zero-order valence-corrected chi connectivity index (χ0v) is 11.2. The maximum Gasteiger partial charge on any atom is 0.295 e. The van der Waals surface area contributed by atoms with Crippen molar-refractivity contribution in [2.75, 3.05) is 11.6 Å². The molecule has 0 aliphatic heterocycles. The van der Waals surface area contributed by atoms with E-state index in [-0.39, 0.29) is 11.7 Å². The van der Waals surface area contributed by atoms with E-state index in [0.29, 0.717) is 5.25 Å². The molecule has 0 saturated heterocycles. The third-order valence-corrected chi connectivity index (χ3v) is 4.43. The normalized spacial score (nSPS) is 22.5. The first-order valence-electron chi connectivity index (χ1n) is 5.94. The molecule has 1 saturated carbocycles. The lowest BCUT2D eigenvalue weighted by molar-refractivity contribution is -0.384. The second kappa shape index (κ2) is 5.73. The van der Waals surface area contributed by atoms with E-state index in [0.717, 1.165) is 31.4 Å². The number of nitro benzene ring substituents is 1. The van der Waals surface area contributed by atoms with E-state index >= 15 is 0 Å². The first kappa shape index (κ1) is 14.0. The molecule has 4 nitrogen and oxygen atoms in total. The highest BCUT2D eigenvalue weighted by Gasteiger charge is 2.28. The number of nitrogens with one attached hydrogen (secondary N) is 1. The van der Waals surface area contributed by atoms with Gasteiger partial charge in [0, 0.05) is 17.4 Å². The van der Waals surface area contributed by atoms with Gasteiger partial charge in [0.2, 0.25) is 0 Å². The minimum absolute atomic E-state index is 0.0487. The molecule has 1 N–H and O–H groups in total. The number of halogens is 2. The highest BCUT2D eigenvalue weighted by Crippen LogP contribution is 2.34. The van der Waals surface area contributed by atoms with Crippen LogP contribution in [-0.2, 0) is 0 Å². The molecule has 0 aromatic heterocycles. The van der Waals surface area contributed by atoms with E-state index in [1.807, 2.05) is 6.26 Å². The van der Waals surface area contributed by atoms with Crippen molar-refractivity contribution in [3.8, 4) is 0 Å². The minimum Gasteiger partial charge on any atom is -0.374 e. The predicted molar refractivity (Wildman–Crippen MR) is 71.6 cm³/mol. The molecule has 2 atom stereocenters. The Kier molecular flexibility index (Phi) is 4.24. The molecule has 0 bridgehead atoms. The lowest BCUT2D eigenvalue weighted by Crippen LogP contribution is -2.18. The van der Waals surface area contributed by atoms with Crippen molar-refractivity contribution >= 4 is 23.1 Å². The third kappa shape index (κ3) is 2.97. The number of hydrogen-bond acceptors (Lipinski definition) is 4. The molecule has 0 amide bonds. The Morgan fingerprint density at radius 2 is 2.16 bits per heavy atom. The summed E-state index contributed by atoms with van der Waals surface area (Å²) in [7, 11) is 0. The van der Waals surface area contributed by atoms with Crippen molar-refractivity contribution in [1.29, 1.82) is 0 Å². The summed E-state index contributed by atoms with van der Waals surface area (Å²) in [5, 5.41) is 14.1. The van der Waals surface area contributed by atoms with Crippen LogP contribution in [0.25, 0.3) is 0 Å². The summed E-state index contributed by atoms with van der Waals surface area (Å²) in [6.07, 6.45) is 4.58. The van der Waals surface area contributed by atoms with Crippen LogP contribution in [0.5, 0.6) is 0 Å². The standard InChI is InChI=1S/C12H14F2N2O2S/c1-19-8-3-2-7(6-8)15-12-10(16(17)18)5-4-9(13)11(12)14/h4-5,7-8,15H,2-3,6H2,1H3. The van der Waals surface area contributed by atoms with Gasteiger partial charge in [-0.05, 0) is 31.6 Å². The van der Waals surface area contributed by atoms with Crippen molar-refractivity contribution < 1.29 is 13.7 Å². The summed E-state index contributed by atoms with van der Waals surface area (Å²) in [5.41, 5.74) is -0.761. The van der Waals surface area contributed by atoms with Crippen LogP contribution in [0.4, 0.5) is 20.2 Å². The maximum atomic E-state index is 13.7. The van der Waals surface area contributed by atoms with Crippen LogP contribution in [0.2, 0.25) is 0 Å². The monoisotopic (exact) mass is 288 g/mol. The van der Waals surface area contributed by atoms with Crippen LogP contribution in [0, 0.1) is 21.7 Å². The van der Waals surface area contributed by atoms with Gasteiger partial charge in [0.25, 0.3) is 5.69 Å². The highest BCUT2D eigenvalue weighted by atomic mass is 32.2.